The van der Waals surface area contributed by atoms with Crippen molar-refractivity contribution in [2.24, 2.45) is 0 Å². The van der Waals surface area contributed by atoms with Crippen LogP contribution in [0.1, 0.15) is 0 Å². The van der Waals surface area contributed by atoms with Gasteiger partial charge in [0.2, 0.25) is 11.1 Å². The van der Waals surface area contributed by atoms with E-state index in [-0.39, 0.29) is 23.1 Å². The summed E-state index contributed by atoms with van der Waals surface area (Å²) in [5.41, 5.74) is -2.88. The minimum Gasteiger partial charge on any atom is -0.545 e. The molecule has 0 amide bonds. The van der Waals surface area contributed by atoms with E-state index < -0.39 is 23.1 Å². The van der Waals surface area contributed by atoms with Crippen LogP contribution in [0.5, 0.6) is 11.5 Å². The van der Waals surface area contributed by atoms with Gasteiger partial charge in [0.05, 0.1) is 11.9 Å². The largest absolute Gasteiger partial charge is 2.00 e. The summed E-state index contributed by atoms with van der Waals surface area (Å²) in [6.07, 6.45) is 0. The Hall–Kier alpha value is -1.67. The van der Waals surface area contributed by atoms with Crippen molar-refractivity contribution in [3.05, 3.63) is 60.7 Å². The van der Waals surface area contributed by atoms with E-state index in [2.05, 4.69) is 0 Å². The molecule has 2 unspecified atom stereocenters. The molecule has 0 heterocycles. The van der Waals surface area contributed by atoms with E-state index in [1.165, 1.54) is 0 Å². The van der Waals surface area contributed by atoms with Gasteiger partial charge in [0.1, 0.15) is 11.5 Å². The Balaban J connectivity index is 0.000000443. The molecule has 0 bridgehead atoms. The number of alkyl halides is 2. The van der Waals surface area contributed by atoms with Crippen molar-refractivity contribution in [3.8, 4) is 11.5 Å². The van der Waals surface area contributed by atoms with E-state index in [4.69, 9.17) is 32.7 Å². The molecule has 6 nitrogen and oxygen atoms in total. The number of carbonyl (C=O) groups excluding carboxylic acids is 2. The van der Waals surface area contributed by atoms with Crippen LogP contribution in [0.3, 0.4) is 0 Å². The predicted octanol–water partition coefficient (Wildman–Crippen LogP) is 0.380. The zero-order chi connectivity index (χ0) is 17.9. The van der Waals surface area contributed by atoms with Crippen LogP contribution in [0.2, 0.25) is 0 Å². The van der Waals surface area contributed by atoms with Gasteiger partial charge >= 0.3 is 23.1 Å². The third-order valence-electron chi connectivity index (χ3n) is 2.34. The average Bonchev–Trinajstić information content (AvgIpc) is 2.57. The van der Waals surface area contributed by atoms with Crippen molar-refractivity contribution in [1.29, 1.82) is 0 Å². The second kappa shape index (κ2) is 12.7. The number of hydrogen-bond donors (Lipinski definition) is 0. The Morgan fingerprint density at radius 2 is 1.00 bits per heavy atom. The van der Waals surface area contributed by atoms with Crippen LogP contribution >= 0.6 is 23.2 Å². The van der Waals surface area contributed by atoms with E-state index in [1.807, 2.05) is 0 Å². The zero-order valence-corrected chi connectivity index (χ0v) is 15.8. The van der Waals surface area contributed by atoms with Crippen molar-refractivity contribution in [2.75, 3.05) is 0 Å². The summed E-state index contributed by atoms with van der Waals surface area (Å²) >= 11 is 10.5. The SMILES string of the molecule is O=C([O-])C(Cl)Oc1ccccc1.O=C([O-])C(Cl)Oc1ccccc1.[Mg+2]. The second-order valence-electron chi connectivity index (χ2n) is 4.13. The fraction of sp³-hybridized carbons (Fsp3) is 0.125. The number of halogens is 2. The van der Waals surface area contributed by atoms with E-state index in [0.717, 1.165) is 0 Å². The number of ether oxygens (including phenoxy) is 2. The first kappa shape index (κ1) is 23.3. The van der Waals surface area contributed by atoms with Gasteiger partial charge in [-0.05, 0) is 24.3 Å². The van der Waals surface area contributed by atoms with Gasteiger partial charge in [-0.2, -0.15) is 0 Å². The number of rotatable bonds is 6. The van der Waals surface area contributed by atoms with Crippen LogP contribution in [0.4, 0.5) is 0 Å². The zero-order valence-electron chi connectivity index (χ0n) is 12.8. The molecule has 0 aliphatic rings. The third-order valence-corrected chi connectivity index (χ3v) is 2.87. The Labute approximate surface area is 170 Å². The third kappa shape index (κ3) is 10.0. The molecule has 0 aliphatic heterocycles. The number of aliphatic carboxylic acids is 2. The molecular formula is C16H12Cl2MgO6. The molecule has 9 heteroatoms. The van der Waals surface area contributed by atoms with E-state index in [9.17, 15) is 19.8 Å². The summed E-state index contributed by atoms with van der Waals surface area (Å²) in [5.74, 6) is -2.08. The van der Waals surface area contributed by atoms with Gasteiger partial charge in [-0.3, -0.25) is 0 Å². The quantitative estimate of drug-likeness (QED) is 0.518. The molecule has 0 spiro atoms. The maximum absolute atomic E-state index is 10.1. The van der Waals surface area contributed by atoms with Gasteiger partial charge in [0, 0.05) is 0 Å². The Kier molecular flexibility index (Phi) is 11.8. The molecule has 2 aromatic rings. The van der Waals surface area contributed by atoms with Crippen molar-refractivity contribution >= 4 is 58.2 Å². The Morgan fingerprint density at radius 1 is 0.720 bits per heavy atom. The van der Waals surface area contributed by atoms with E-state index in [0.29, 0.717) is 11.5 Å². The number of carbonyl (C=O) groups is 2. The number of hydrogen-bond acceptors (Lipinski definition) is 6. The summed E-state index contributed by atoms with van der Waals surface area (Å²) in [6, 6.07) is 16.9. The topological polar surface area (TPSA) is 98.7 Å². The molecule has 2 atom stereocenters. The van der Waals surface area contributed by atoms with Crippen LogP contribution in [0.15, 0.2) is 60.7 Å². The molecule has 0 N–H and O–H groups in total. The van der Waals surface area contributed by atoms with Crippen LogP contribution in [0, 0.1) is 0 Å². The Morgan fingerprint density at radius 3 is 1.24 bits per heavy atom. The molecule has 0 aromatic heterocycles. The minimum atomic E-state index is -1.44. The molecule has 2 aromatic carbocycles. The molecular weight excluding hydrogens is 383 g/mol. The van der Waals surface area contributed by atoms with Crippen molar-refractivity contribution in [3.63, 3.8) is 0 Å². The van der Waals surface area contributed by atoms with Gasteiger partial charge in [0.25, 0.3) is 0 Å². The van der Waals surface area contributed by atoms with E-state index >= 15 is 0 Å². The van der Waals surface area contributed by atoms with Gasteiger partial charge < -0.3 is 29.3 Å². The van der Waals surface area contributed by atoms with Gasteiger partial charge in [-0.15, -0.1) is 0 Å². The standard InChI is InChI=1S/2C8H7ClO3.Mg/c2*9-7(8(10)11)12-6-4-2-1-3-5-6;/h2*1-5,7H,(H,10,11);/q;;+2/p-2. The molecule has 0 fully saturated rings. The summed E-state index contributed by atoms with van der Waals surface area (Å²) in [4.78, 5) is 20.3. The Bertz CT molecular complexity index is 584. The normalized spacial score (nSPS) is 11.6. The van der Waals surface area contributed by atoms with Crippen LogP contribution in [-0.4, -0.2) is 46.1 Å². The van der Waals surface area contributed by atoms with E-state index in [1.54, 1.807) is 60.7 Å². The smallest absolute Gasteiger partial charge is 0.545 e. The second-order valence-corrected chi connectivity index (χ2v) is 4.92. The monoisotopic (exact) mass is 394 g/mol. The fourth-order valence-corrected chi connectivity index (χ4v) is 1.54. The molecule has 25 heavy (non-hydrogen) atoms. The molecule has 2 rings (SSSR count). The molecule has 0 aliphatic carbocycles. The van der Waals surface area contributed by atoms with Gasteiger partial charge in [-0.1, -0.05) is 59.6 Å². The predicted molar refractivity (Wildman–Crippen MR) is 89.2 cm³/mol. The summed E-state index contributed by atoms with van der Waals surface area (Å²) < 4.78 is 9.56. The summed E-state index contributed by atoms with van der Waals surface area (Å²) in [7, 11) is 0. The van der Waals surface area contributed by atoms with Crippen LogP contribution in [-0.2, 0) is 9.59 Å². The van der Waals surface area contributed by atoms with Crippen LogP contribution < -0.4 is 19.7 Å². The maximum atomic E-state index is 10.1. The number of carboxylic acids is 2. The molecule has 0 saturated heterocycles. The number of para-hydroxylation sites is 2. The first-order chi connectivity index (χ1) is 11.4. The number of carboxylic acid groups (broad SMARTS) is 2. The molecule has 128 valence electrons. The minimum absolute atomic E-state index is 0. The maximum Gasteiger partial charge on any atom is 2.00 e. The summed E-state index contributed by atoms with van der Waals surface area (Å²) in [5, 5.41) is 20.3. The molecule has 0 radical (unpaired) electrons. The van der Waals surface area contributed by atoms with Crippen molar-refractivity contribution in [1.82, 2.24) is 0 Å². The first-order valence-electron chi connectivity index (χ1n) is 6.53. The number of benzene rings is 2. The first-order valence-corrected chi connectivity index (χ1v) is 7.40. The average molecular weight is 395 g/mol. The van der Waals surface area contributed by atoms with Crippen molar-refractivity contribution in [2.45, 2.75) is 11.1 Å². The molecule has 0 saturated carbocycles. The van der Waals surface area contributed by atoms with Gasteiger partial charge in [0.15, 0.2) is 0 Å². The van der Waals surface area contributed by atoms with Crippen molar-refractivity contribution < 1.29 is 29.3 Å². The summed E-state index contributed by atoms with van der Waals surface area (Å²) in [6.45, 7) is 0. The van der Waals surface area contributed by atoms with Gasteiger partial charge in [-0.25, -0.2) is 0 Å². The fourth-order valence-electron chi connectivity index (χ4n) is 1.33. The van der Waals surface area contributed by atoms with Crippen LogP contribution in [0.25, 0.3) is 0 Å².